The fourth-order valence-corrected chi connectivity index (χ4v) is 12.6. The average Bonchev–Trinajstić information content (AvgIpc) is 3.69. The van der Waals surface area contributed by atoms with Crippen molar-refractivity contribution in [1.82, 2.24) is 4.98 Å². The molecule has 2 heterocycles. The number of pyridine rings is 1. The second-order valence-corrected chi connectivity index (χ2v) is 18.9. The van der Waals surface area contributed by atoms with Gasteiger partial charge in [0.25, 0.3) is 0 Å². The zero-order chi connectivity index (χ0) is 38.8. The fourth-order valence-electron chi connectivity index (χ4n) is 9.28. The minimum absolute atomic E-state index is 0.384. The van der Waals surface area contributed by atoms with E-state index in [4.69, 9.17) is 9.40 Å². The number of hydrogen-bond donors (Lipinski definition) is 1. The molecule has 0 fully saturated rings. The molecule has 278 valence electrons. The Morgan fingerprint density at radius 3 is 2.07 bits per heavy atom. The van der Waals surface area contributed by atoms with E-state index in [1.807, 2.05) is 30.3 Å². The minimum atomic E-state index is -3.18. The summed E-state index contributed by atoms with van der Waals surface area (Å²) >= 11 is 0. The zero-order valence-electron chi connectivity index (χ0n) is 32.1. The van der Waals surface area contributed by atoms with Crippen LogP contribution in [0.2, 0.25) is 0 Å². The number of rotatable bonds is 6. The third-order valence-corrected chi connectivity index (χ3v) is 15.7. The summed E-state index contributed by atoms with van der Waals surface area (Å²) in [5.74, 6) is 0.384. The molecule has 11 rings (SSSR count). The van der Waals surface area contributed by atoms with E-state index < -0.39 is 7.49 Å². The van der Waals surface area contributed by atoms with Crippen molar-refractivity contribution in [2.75, 3.05) is 0 Å². The van der Waals surface area contributed by atoms with Crippen molar-refractivity contribution >= 4 is 72.5 Å². The monoisotopic (exact) mass is 765 g/mol. The number of nitrogens with zero attached hydrogens (tertiary/aromatic N) is 1. The topological polar surface area (TPSA) is 46.3 Å². The number of aromatic nitrogens is 1. The molecule has 0 bridgehead atoms. The van der Waals surface area contributed by atoms with Gasteiger partial charge in [-0.25, -0.2) is 0 Å². The van der Waals surface area contributed by atoms with Crippen LogP contribution in [0.15, 0.2) is 204 Å². The number of allylic oxidation sites excluding steroid dienone is 4. The Labute approximate surface area is 337 Å². The van der Waals surface area contributed by atoms with Gasteiger partial charge in [-0.15, -0.1) is 0 Å². The Bertz CT molecular complexity index is 3290. The van der Waals surface area contributed by atoms with Gasteiger partial charge in [-0.1, -0.05) is 66.7 Å². The van der Waals surface area contributed by atoms with Crippen LogP contribution in [0.5, 0.6) is 0 Å². The van der Waals surface area contributed by atoms with Gasteiger partial charge in [-0.05, 0) is 27.6 Å². The summed E-state index contributed by atoms with van der Waals surface area (Å²) < 4.78 is 6.73. The number of hydrogen-bond acceptors (Lipinski definition) is 3. The maximum atomic E-state index is 12.7. The van der Waals surface area contributed by atoms with Gasteiger partial charge in [-0.2, -0.15) is 0 Å². The van der Waals surface area contributed by atoms with Crippen molar-refractivity contribution in [1.29, 1.82) is 0 Å². The first kappa shape index (κ1) is 34.6. The first-order valence-electron chi connectivity index (χ1n) is 20.1. The van der Waals surface area contributed by atoms with Crippen LogP contribution in [0, 0.1) is 5.92 Å². The molecule has 4 heteroatoms. The summed E-state index contributed by atoms with van der Waals surface area (Å²) in [5.41, 5.74) is 8.76. The molecule has 0 aliphatic heterocycles. The maximum absolute atomic E-state index is 12.7. The SMILES string of the molecule is CC1C=CC=C([PH](O)(c2ccccc2)c2ccc(-c3cccc(-c4nc5c(-c6cc7ccccc7c7ccccc67)cccc5c5c4oc4ccccc45)c3)cc2)C1. The molecular formula is C54H40NO2P. The second-order valence-electron chi connectivity index (χ2n) is 15.6. The molecule has 1 unspecified atom stereocenters. The van der Waals surface area contributed by atoms with Crippen LogP contribution in [0.1, 0.15) is 13.3 Å². The van der Waals surface area contributed by atoms with Gasteiger partial charge in [0.05, 0.1) is 0 Å². The van der Waals surface area contributed by atoms with Crippen molar-refractivity contribution in [3.63, 3.8) is 0 Å². The Morgan fingerprint density at radius 1 is 0.569 bits per heavy atom. The van der Waals surface area contributed by atoms with Crippen molar-refractivity contribution in [2.24, 2.45) is 5.92 Å². The van der Waals surface area contributed by atoms with Crippen LogP contribution in [-0.4, -0.2) is 9.88 Å². The normalized spacial score (nSPS) is 14.8. The number of fused-ring (bicyclic) bond motifs is 8. The molecule has 0 saturated carbocycles. The van der Waals surface area contributed by atoms with Crippen LogP contribution >= 0.6 is 7.49 Å². The molecule has 58 heavy (non-hydrogen) atoms. The third-order valence-electron chi connectivity index (χ3n) is 12.1. The standard InChI is InChI=1S/C54H40NO2P/c1-35-14-11-20-42(32-35)58(56,40-18-3-2-4-19-40)41-30-28-36(29-31-41)37-16-12-17-39(33-37)52-54-51(47-24-9-10-27-50(47)57-54)48-26-13-25-46(53(48)55-52)49-34-38-15-5-6-21-43(38)44-22-7-8-23-45(44)49/h2-31,33-35,56,58H,32H2,1H3. The third kappa shape index (κ3) is 5.54. The predicted octanol–water partition coefficient (Wildman–Crippen LogP) is 13.5. The van der Waals surface area contributed by atoms with Crippen molar-refractivity contribution < 1.29 is 9.31 Å². The molecule has 3 nitrogen and oxygen atoms in total. The molecule has 1 atom stereocenters. The van der Waals surface area contributed by atoms with Crippen molar-refractivity contribution in [3.05, 3.63) is 199 Å². The van der Waals surface area contributed by atoms with Gasteiger partial charge >= 0.3 is 245 Å². The first-order valence-corrected chi connectivity index (χ1v) is 22.0. The summed E-state index contributed by atoms with van der Waals surface area (Å²) in [4.78, 5) is 18.3. The van der Waals surface area contributed by atoms with Gasteiger partial charge in [0.1, 0.15) is 0 Å². The van der Waals surface area contributed by atoms with Crippen LogP contribution < -0.4 is 10.6 Å². The zero-order valence-corrected chi connectivity index (χ0v) is 33.1. The molecule has 1 aliphatic rings. The molecule has 0 amide bonds. The predicted molar refractivity (Wildman–Crippen MR) is 248 cm³/mol. The van der Waals surface area contributed by atoms with Gasteiger partial charge < -0.3 is 0 Å². The van der Waals surface area contributed by atoms with Crippen LogP contribution in [0.3, 0.4) is 0 Å². The summed E-state index contributed by atoms with van der Waals surface area (Å²) in [7, 11) is -3.18. The van der Waals surface area contributed by atoms with Crippen LogP contribution in [0.25, 0.3) is 87.9 Å². The van der Waals surface area contributed by atoms with E-state index in [2.05, 4.69) is 171 Å². The number of furan rings is 1. The van der Waals surface area contributed by atoms with E-state index in [1.54, 1.807) is 0 Å². The summed E-state index contributed by atoms with van der Waals surface area (Å²) in [6.07, 6.45) is 7.32. The molecule has 8 aromatic carbocycles. The van der Waals surface area contributed by atoms with Gasteiger partial charge in [0.2, 0.25) is 0 Å². The van der Waals surface area contributed by atoms with E-state index in [9.17, 15) is 4.89 Å². The van der Waals surface area contributed by atoms with E-state index in [0.29, 0.717) is 5.92 Å². The molecular weight excluding hydrogens is 726 g/mol. The average molecular weight is 766 g/mol. The van der Waals surface area contributed by atoms with E-state index in [-0.39, 0.29) is 0 Å². The summed E-state index contributed by atoms with van der Waals surface area (Å²) in [5, 5.41) is 11.2. The number of para-hydroxylation sites is 2. The fraction of sp³-hybridized carbons (Fsp3) is 0.0556. The van der Waals surface area contributed by atoms with Gasteiger partial charge in [-0.3, -0.25) is 0 Å². The Morgan fingerprint density at radius 2 is 1.24 bits per heavy atom. The van der Waals surface area contributed by atoms with Gasteiger partial charge in [0.15, 0.2) is 0 Å². The van der Waals surface area contributed by atoms with Crippen molar-refractivity contribution in [3.8, 4) is 33.5 Å². The molecule has 2 aromatic heterocycles. The quantitative estimate of drug-likeness (QED) is 0.135. The van der Waals surface area contributed by atoms with E-state index in [0.717, 1.165) is 88.7 Å². The van der Waals surface area contributed by atoms with Crippen LogP contribution in [0.4, 0.5) is 0 Å². The van der Waals surface area contributed by atoms with Crippen molar-refractivity contribution in [2.45, 2.75) is 13.3 Å². The summed E-state index contributed by atoms with van der Waals surface area (Å²) in [6.45, 7) is 2.22. The molecule has 0 saturated heterocycles. The Balaban J connectivity index is 1.09. The Hall–Kier alpha value is -6.64. The molecule has 1 aliphatic carbocycles. The summed E-state index contributed by atoms with van der Waals surface area (Å²) in [6, 6.07) is 61.9. The molecule has 1 N–H and O–H groups in total. The molecule has 10 aromatic rings. The van der Waals surface area contributed by atoms with Gasteiger partial charge in [0, 0.05) is 0 Å². The second kappa shape index (κ2) is 13.8. The number of benzene rings is 8. The Kier molecular flexibility index (Phi) is 8.22. The van der Waals surface area contributed by atoms with E-state index in [1.165, 1.54) is 21.5 Å². The van der Waals surface area contributed by atoms with Crippen LogP contribution in [-0.2, 0) is 0 Å². The first-order chi connectivity index (χ1) is 28.5. The molecule has 0 radical (unpaired) electrons. The van der Waals surface area contributed by atoms with E-state index >= 15 is 0 Å². The molecule has 0 spiro atoms.